The van der Waals surface area contributed by atoms with Crippen LogP contribution in [0.1, 0.15) is 20.9 Å². The van der Waals surface area contributed by atoms with E-state index in [1.807, 2.05) is 60.7 Å². The molecule has 0 N–H and O–H groups in total. The molecular formula is C25H21NO4S. The summed E-state index contributed by atoms with van der Waals surface area (Å²) >= 11 is 1.49. The van der Waals surface area contributed by atoms with Gasteiger partial charge in [-0.1, -0.05) is 42.5 Å². The number of hydrogen-bond donors (Lipinski definition) is 0. The minimum absolute atomic E-state index is 0.103. The number of rotatable bonds is 7. The van der Waals surface area contributed by atoms with Gasteiger partial charge in [0, 0.05) is 5.56 Å². The van der Waals surface area contributed by atoms with E-state index in [2.05, 4.69) is 0 Å². The Hall–Kier alpha value is -3.64. The molecule has 0 saturated carbocycles. The van der Waals surface area contributed by atoms with E-state index < -0.39 is 0 Å². The van der Waals surface area contributed by atoms with Crippen molar-refractivity contribution in [1.29, 1.82) is 0 Å². The Morgan fingerprint density at radius 1 is 0.871 bits per heavy atom. The van der Waals surface area contributed by atoms with Gasteiger partial charge in [0.05, 0.1) is 37.1 Å². The second kappa shape index (κ2) is 9.02. The van der Waals surface area contributed by atoms with Gasteiger partial charge >= 0.3 is 0 Å². The van der Waals surface area contributed by atoms with Crippen molar-refractivity contribution < 1.29 is 19.0 Å². The van der Waals surface area contributed by atoms with Crippen molar-refractivity contribution in [2.24, 2.45) is 0 Å². The molecule has 4 aromatic rings. The Labute approximate surface area is 184 Å². The largest absolute Gasteiger partial charge is 0.493 e. The van der Waals surface area contributed by atoms with Gasteiger partial charge in [-0.05, 0) is 35.9 Å². The molecule has 0 aliphatic heterocycles. The third-order valence-electron chi connectivity index (χ3n) is 4.80. The first kappa shape index (κ1) is 20.6. The highest BCUT2D eigenvalue weighted by atomic mass is 32.1. The summed E-state index contributed by atoms with van der Waals surface area (Å²) < 4.78 is 17.4. The van der Waals surface area contributed by atoms with Crippen LogP contribution in [0.5, 0.6) is 17.2 Å². The zero-order valence-electron chi connectivity index (χ0n) is 17.4. The Morgan fingerprint density at radius 2 is 1.52 bits per heavy atom. The molecule has 0 aliphatic carbocycles. The number of allylic oxidation sites excluding steroid dienone is 1. The maximum Gasteiger partial charge on any atom is 0.203 e. The molecule has 1 heterocycles. The van der Waals surface area contributed by atoms with Crippen molar-refractivity contribution in [2.45, 2.75) is 0 Å². The van der Waals surface area contributed by atoms with E-state index in [9.17, 15) is 4.79 Å². The number of carbonyl (C=O) groups excluding carboxylic acids is 1. The van der Waals surface area contributed by atoms with Crippen molar-refractivity contribution in [3.8, 4) is 17.2 Å². The van der Waals surface area contributed by atoms with E-state index in [-0.39, 0.29) is 5.78 Å². The standard InChI is InChI=1S/C25H21NO4S/c1-28-20-14-16(15-21(29-2)24(20)30-3)13-18(23(27)17-9-5-4-6-10-17)25-26-19-11-7-8-12-22(19)31-25/h4-15H,1-3H3. The van der Waals surface area contributed by atoms with Crippen LogP contribution < -0.4 is 14.2 Å². The van der Waals surface area contributed by atoms with Crippen LogP contribution in [0, 0.1) is 0 Å². The summed E-state index contributed by atoms with van der Waals surface area (Å²) in [6.07, 6.45) is 1.82. The van der Waals surface area contributed by atoms with E-state index >= 15 is 0 Å². The third-order valence-corrected chi connectivity index (χ3v) is 5.87. The van der Waals surface area contributed by atoms with Gasteiger partial charge in [-0.3, -0.25) is 4.79 Å². The summed E-state index contributed by atoms with van der Waals surface area (Å²) in [7, 11) is 4.68. The fourth-order valence-electron chi connectivity index (χ4n) is 3.31. The number of aromatic nitrogens is 1. The zero-order valence-corrected chi connectivity index (χ0v) is 18.2. The summed E-state index contributed by atoms with van der Waals surface area (Å²) in [5.74, 6) is 1.43. The molecule has 0 spiro atoms. The van der Waals surface area contributed by atoms with Crippen molar-refractivity contribution in [3.63, 3.8) is 0 Å². The molecule has 0 aliphatic rings. The number of benzene rings is 3. The van der Waals surface area contributed by atoms with Crippen LogP contribution in [0.4, 0.5) is 0 Å². The van der Waals surface area contributed by atoms with Gasteiger partial charge in [-0.25, -0.2) is 4.98 Å². The summed E-state index contributed by atoms with van der Waals surface area (Å²) in [5, 5.41) is 0.656. The second-order valence-corrected chi connectivity index (χ2v) is 7.73. The van der Waals surface area contributed by atoms with Gasteiger partial charge in [0.1, 0.15) is 5.01 Å². The van der Waals surface area contributed by atoms with Gasteiger partial charge in [0.25, 0.3) is 0 Å². The summed E-state index contributed by atoms with van der Waals surface area (Å²) in [6.45, 7) is 0. The van der Waals surface area contributed by atoms with Crippen LogP contribution in [0.25, 0.3) is 21.9 Å². The fraction of sp³-hybridized carbons (Fsp3) is 0.120. The van der Waals surface area contributed by atoms with Gasteiger partial charge in [-0.15, -0.1) is 11.3 Å². The predicted octanol–water partition coefficient (Wildman–Crippen LogP) is 5.75. The molecule has 4 rings (SSSR count). The summed E-state index contributed by atoms with van der Waals surface area (Å²) in [6, 6.07) is 20.7. The van der Waals surface area contributed by atoms with Gasteiger partial charge in [0.2, 0.25) is 5.75 Å². The van der Waals surface area contributed by atoms with E-state index in [1.54, 1.807) is 33.5 Å². The van der Waals surface area contributed by atoms with E-state index in [0.29, 0.717) is 33.4 Å². The van der Waals surface area contributed by atoms with Crippen molar-refractivity contribution in [3.05, 3.63) is 82.9 Å². The first-order chi connectivity index (χ1) is 15.1. The highest BCUT2D eigenvalue weighted by Gasteiger charge is 2.20. The molecule has 0 bridgehead atoms. The van der Waals surface area contributed by atoms with Crippen molar-refractivity contribution in [2.75, 3.05) is 21.3 Å². The first-order valence-electron chi connectivity index (χ1n) is 9.62. The number of hydrogen-bond acceptors (Lipinski definition) is 6. The maximum absolute atomic E-state index is 13.5. The number of ether oxygens (including phenoxy) is 3. The minimum Gasteiger partial charge on any atom is -0.493 e. The molecule has 1 aromatic heterocycles. The number of thiazole rings is 1. The summed E-state index contributed by atoms with van der Waals surface area (Å²) in [4.78, 5) is 18.2. The highest BCUT2D eigenvalue weighted by molar-refractivity contribution is 7.20. The fourth-order valence-corrected chi connectivity index (χ4v) is 4.29. The topological polar surface area (TPSA) is 57.7 Å². The molecule has 0 radical (unpaired) electrons. The van der Waals surface area contributed by atoms with Crippen molar-refractivity contribution in [1.82, 2.24) is 4.98 Å². The molecule has 0 fully saturated rings. The molecule has 3 aromatic carbocycles. The van der Waals surface area contributed by atoms with Crippen LogP contribution in [0.2, 0.25) is 0 Å². The molecule has 0 unspecified atom stereocenters. The van der Waals surface area contributed by atoms with Crippen molar-refractivity contribution >= 4 is 39.0 Å². The van der Waals surface area contributed by atoms with Crippen LogP contribution in [-0.2, 0) is 0 Å². The highest BCUT2D eigenvalue weighted by Crippen LogP contribution is 2.39. The molecule has 0 saturated heterocycles. The van der Waals surface area contributed by atoms with Crippen LogP contribution in [0.15, 0.2) is 66.7 Å². The Kier molecular flexibility index (Phi) is 6.00. The lowest BCUT2D eigenvalue weighted by molar-refractivity contribution is 0.105. The molecule has 156 valence electrons. The SMILES string of the molecule is COc1cc(C=C(C(=O)c2ccccc2)c2nc3ccccc3s2)cc(OC)c1OC. The molecule has 31 heavy (non-hydrogen) atoms. The normalized spacial score (nSPS) is 11.4. The number of fused-ring (bicyclic) bond motifs is 1. The summed E-state index contributed by atoms with van der Waals surface area (Å²) in [5.41, 5.74) is 2.70. The number of nitrogens with zero attached hydrogens (tertiary/aromatic N) is 1. The Bertz CT molecular complexity index is 1200. The number of methoxy groups -OCH3 is 3. The quantitative estimate of drug-likeness (QED) is 0.276. The second-order valence-electron chi connectivity index (χ2n) is 6.70. The molecular weight excluding hydrogens is 410 g/mol. The Morgan fingerprint density at radius 3 is 2.13 bits per heavy atom. The third kappa shape index (κ3) is 4.15. The molecule has 0 amide bonds. The lowest BCUT2D eigenvalue weighted by Gasteiger charge is -2.13. The zero-order chi connectivity index (χ0) is 21.8. The lowest BCUT2D eigenvalue weighted by atomic mass is 10.0. The molecule has 5 nitrogen and oxygen atoms in total. The van der Waals surface area contributed by atoms with E-state index in [0.717, 1.165) is 15.8 Å². The van der Waals surface area contributed by atoms with Crippen LogP contribution in [0.3, 0.4) is 0 Å². The number of Topliss-reactive ketones (excluding diaryl/α,β-unsaturated/α-hetero) is 1. The number of para-hydroxylation sites is 1. The van der Waals surface area contributed by atoms with Crippen LogP contribution in [-0.4, -0.2) is 32.1 Å². The maximum atomic E-state index is 13.5. The van der Waals surface area contributed by atoms with Gasteiger partial charge < -0.3 is 14.2 Å². The minimum atomic E-state index is -0.103. The average Bonchev–Trinajstić information content (AvgIpc) is 3.25. The molecule has 0 atom stereocenters. The smallest absolute Gasteiger partial charge is 0.203 e. The monoisotopic (exact) mass is 431 g/mol. The first-order valence-corrected chi connectivity index (χ1v) is 10.4. The number of carbonyl (C=O) groups is 1. The molecule has 6 heteroatoms. The predicted molar refractivity (Wildman–Crippen MR) is 124 cm³/mol. The average molecular weight is 432 g/mol. The van der Waals surface area contributed by atoms with Gasteiger partial charge in [-0.2, -0.15) is 0 Å². The Balaban J connectivity index is 1.90. The van der Waals surface area contributed by atoms with Crippen LogP contribution >= 0.6 is 11.3 Å². The number of ketones is 1. The lowest BCUT2D eigenvalue weighted by Crippen LogP contribution is -2.03. The van der Waals surface area contributed by atoms with E-state index in [4.69, 9.17) is 19.2 Å². The van der Waals surface area contributed by atoms with E-state index in [1.165, 1.54) is 11.3 Å². The van der Waals surface area contributed by atoms with Gasteiger partial charge in [0.15, 0.2) is 17.3 Å².